The van der Waals surface area contributed by atoms with Crippen LogP contribution in [0.15, 0.2) is 24.3 Å². The highest BCUT2D eigenvalue weighted by Crippen LogP contribution is 2.29. The maximum absolute atomic E-state index is 12.0. The molecule has 2 atom stereocenters. The van der Waals surface area contributed by atoms with Crippen molar-refractivity contribution in [1.82, 2.24) is 10.6 Å². The first kappa shape index (κ1) is 19.6. The Morgan fingerprint density at radius 1 is 0.821 bits per heavy atom. The molecule has 2 fully saturated rings. The Kier molecular flexibility index (Phi) is 5.25. The lowest BCUT2D eigenvalue weighted by Gasteiger charge is -2.25. The van der Waals surface area contributed by atoms with Crippen molar-refractivity contribution in [3.63, 3.8) is 0 Å². The predicted octanol–water partition coefficient (Wildman–Crippen LogP) is -0.185. The van der Waals surface area contributed by atoms with E-state index in [-0.39, 0.29) is 10.2 Å². The zero-order valence-electron chi connectivity index (χ0n) is 14.1. The summed E-state index contributed by atoms with van der Waals surface area (Å²) < 4.78 is 0. The normalized spacial score (nSPS) is 21.7. The number of nitrogens with zero attached hydrogens (tertiary/aromatic N) is 2. The van der Waals surface area contributed by atoms with Crippen molar-refractivity contribution in [3.05, 3.63) is 24.3 Å². The van der Waals surface area contributed by atoms with Crippen LogP contribution in [0, 0.1) is 0 Å². The molecule has 10 nitrogen and oxygen atoms in total. The molecule has 2 aliphatic heterocycles. The quantitative estimate of drug-likeness (QED) is 0.456. The van der Waals surface area contributed by atoms with Crippen molar-refractivity contribution >= 4 is 69.8 Å². The van der Waals surface area contributed by atoms with Gasteiger partial charge in [0.2, 0.25) is 11.8 Å². The van der Waals surface area contributed by atoms with E-state index >= 15 is 0 Å². The van der Waals surface area contributed by atoms with Crippen LogP contribution in [0.3, 0.4) is 0 Å². The number of amides is 2. The third kappa shape index (κ3) is 3.64. The molecule has 3 rings (SSSR count). The highest BCUT2D eigenvalue weighted by Gasteiger charge is 2.40. The van der Waals surface area contributed by atoms with Gasteiger partial charge in [-0.15, -0.1) is 0 Å². The van der Waals surface area contributed by atoms with Gasteiger partial charge in [0.15, 0.2) is 10.2 Å². The number of carbonyl (C=O) groups is 4. The minimum atomic E-state index is -1.14. The Hall–Kier alpha value is -3.12. The van der Waals surface area contributed by atoms with Crippen LogP contribution in [0.25, 0.3) is 0 Å². The number of aliphatic carboxylic acids is 2. The second kappa shape index (κ2) is 7.48. The van der Waals surface area contributed by atoms with Crippen LogP contribution in [0.4, 0.5) is 11.4 Å². The SMILES string of the molecule is O=C(O)CC1C(=O)NC(=S)N1c1ccc(N2C(=S)NC(=O)C2CC(=O)O)cc1. The number of thiocarbonyl (C=S) groups is 2. The first-order valence-corrected chi connectivity index (χ1v) is 8.82. The van der Waals surface area contributed by atoms with Gasteiger partial charge < -0.3 is 30.6 Å². The highest BCUT2D eigenvalue weighted by atomic mass is 32.1. The third-order valence-electron chi connectivity index (χ3n) is 4.27. The second-order valence-electron chi connectivity index (χ2n) is 6.07. The molecule has 2 aliphatic rings. The van der Waals surface area contributed by atoms with E-state index in [0.717, 1.165) is 0 Å². The molecule has 2 amide bonds. The van der Waals surface area contributed by atoms with Gasteiger partial charge in [-0.25, -0.2) is 0 Å². The molecule has 2 saturated heterocycles. The third-order valence-corrected chi connectivity index (χ3v) is 4.87. The van der Waals surface area contributed by atoms with Gasteiger partial charge >= 0.3 is 11.9 Å². The van der Waals surface area contributed by atoms with E-state index in [1.807, 2.05) is 0 Å². The minimum Gasteiger partial charge on any atom is -0.481 e. The smallest absolute Gasteiger partial charge is 0.306 e. The van der Waals surface area contributed by atoms with Crippen LogP contribution >= 0.6 is 24.4 Å². The van der Waals surface area contributed by atoms with Crippen molar-refractivity contribution in [3.8, 4) is 0 Å². The number of anilines is 2. The maximum Gasteiger partial charge on any atom is 0.306 e. The second-order valence-corrected chi connectivity index (χ2v) is 6.85. The molecule has 0 spiro atoms. The molecule has 1 aromatic carbocycles. The molecular formula is C16H14N4O6S2. The first-order valence-electron chi connectivity index (χ1n) is 8.01. The molecule has 0 aliphatic carbocycles. The Morgan fingerprint density at radius 3 is 1.43 bits per heavy atom. The number of carbonyl (C=O) groups excluding carboxylic acids is 2. The molecule has 0 saturated carbocycles. The van der Waals surface area contributed by atoms with Gasteiger partial charge in [-0.2, -0.15) is 0 Å². The number of nitrogens with one attached hydrogen (secondary N) is 2. The maximum atomic E-state index is 12.0. The monoisotopic (exact) mass is 422 g/mol. The number of rotatable bonds is 6. The van der Waals surface area contributed by atoms with Crippen LogP contribution in [-0.2, 0) is 19.2 Å². The fourth-order valence-electron chi connectivity index (χ4n) is 3.08. The summed E-state index contributed by atoms with van der Waals surface area (Å²) in [5.41, 5.74) is 0.940. The predicted molar refractivity (Wildman–Crippen MR) is 105 cm³/mol. The van der Waals surface area contributed by atoms with Crippen molar-refractivity contribution in [2.75, 3.05) is 9.80 Å². The van der Waals surface area contributed by atoms with Gasteiger partial charge in [0.1, 0.15) is 12.1 Å². The Bertz CT molecular complexity index is 830. The molecule has 0 aromatic heterocycles. The van der Waals surface area contributed by atoms with Gasteiger partial charge in [0.25, 0.3) is 0 Å². The van der Waals surface area contributed by atoms with E-state index in [1.165, 1.54) is 9.80 Å². The van der Waals surface area contributed by atoms with Crippen molar-refractivity contribution in [2.24, 2.45) is 0 Å². The summed E-state index contributed by atoms with van der Waals surface area (Å²) in [5.74, 6) is -3.30. The van der Waals surface area contributed by atoms with E-state index in [2.05, 4.69) is 10.6 Å². The standard InChI is InChI=1S/C16H14N4O6S2/c21-11(22)5-9-13(25)17-15(27)19(9)7-1-2-8(4-3-7)20-10(6-12(23)24)14(26)18-16(20)28/h1-4,9-10H,5-6H2,(H,21,22)(H,23,24)(H,17,25,27)(H,18,26,28). The van der Waals surface area contributed by atoms with Crippen molar-refractivity contribution in [1.29, 1.82) is 0 Å². The number of carboxylic acids is 2. The Labute approximate surface area is 169 Å². The van der Waals surface area contributed by atoms with Gasteiger partial charge in [-0.1, -0.05) is 0 Å². The first-order chi connectivity index (χ1) is 13.2. The van der Waals surface area contributed by atoms with Gasteiger partial charge in [-0.3, -0.25) is 19.2 Å². The zero-order valence-corrected chi connectivity index (χ0v) is 15.7. The van der Waals surface area contributed by atoms with E-state index in [4.69, 9.17) is 34.6 Å². The van der Waals surface area contributed by atoms with Crippen LogP contribution < -0.4 is 20.4 Å². The van der Waals surface area contributed by atoms with Crippen LogP contribution in [0.5, 0.6) is 0 Å². The van der Waals surface area contributed by atoms with Crippen LogP contribution in [0.1, 0.15) is 12.8 Å². The summed E-state index contributed by atoms with van der Waals surface area (Å²) in [7, 11) is 0. The van der Waals surface area contributed by atoms with Gasteiger partial charge in [0.05, 0.1) is 12.8 Å². The van der Waals surface area contributed by atoms with Gasteiger partial charge in [0, 0.05) is 11.4 Å². The summed E-state index contributed by atoms with van der Waals surface area (Å²) in [6, 6.07) is 4.37. The van der Waals surface area contributed by atoms with Crippen molar-refractivity contribution < 1.29 is 29.4 Å². The molecule has 4 N–H and O–H groups in total. The molecule has 0 radical (unpaired) electrons. The largest absolute Gasteiger partial charge is 0.481 e. The Balaban J connectivity index is 1.88. The fourth-order valence-corrected chi connectivity index (χ4v) is 3.75. The van der Waals surface area contributed by atoms with Crippen LogP contribution in [0.2, 0.25) is 0 Å². The van der Waals surface area contributed by atoms with E-state index in [9.17, 15) is 19.2 Å². The summed E-state index contributed by atoms with van der Waals surface area (Å²) in [5, 5.41) is 23.1. The van der Waals surface area contributed by atoms with E-state index < -0.39 is 48.7 Å². The lowest BCUT2D eigenvalue weighted by atomic mass is 10.1. The molecule has 2 heterocycles. The zero-order chi connectivity index (χ0) is 20.6. The highest BCUT2D eigenvalue weighted by molar-refractivity contribution is 7.80. The molecule has 2 unspecified atom stereocenters. The molecule has 28 heavy (non-hydrogen) atoms. The summed E-state index contributed by atoms with van der Waals surface area (Å²) in [6.07, 6.45) is -0.855. The molecule has 146 valence electrons. The Morgan fingerprint density at radius 2 is 1.14 bits per heavy atom. The lowest BCUT2D eigenvalue weighted by Crippen LogP contribution is -2.37. The fraction of sp³-hybridized carbons (Fsp3) is 0.250. The lowest BCUT2D eigenvalue weighted by molar-refractivity contribution is -0.139. The van der Waals surface area contributed by atoms with E-state index in [0.29, 0.717) is 11.4 Å². The number of carboxylic acid groups (broad SMARTS) is 2. The van der Waals surface area contributed by atoms with Gasteiger partial charge in [-0.05, 0) is 48.7 Å². The number of hydrogen-bond acceptors (Lipinski definition) is 6. The molecular weight excluding hydrogens is 408 g/mol. The number of benzene rings is 1. The van der Waals surface area contributed by atoms with E-state index in [1.54, 1.807) is 24.3 Å². The topological polar surface area (TPSA) is 139 Å². The molecule has 1 aromatic rings. The average molecular weight is 422 g/mol. The average Bonchev–Trinajstić information content (AvgIpc) is 3.02. The summed E-state index contributed by atoms with van der Waals surface area (Å²) in [4.78, 5) is 48.8. The van der Waals surface area contributed by atoms with Crippen molar-refractivity contribution in [2.45, 2.75) is 24.9 Å². The summed E-state index contributed by atoms with van der Waals surface area (Å²) in [6.45, 7) is 0. The minimum absolute atomic E-state index is 0.0845. The summed E-state index contributed by atoms with van der Waals surface area (Å²) >= 11 is 10.2. The number of hydrogen-bond donors (Lipinski definition) is 4. The van der Waals surface area contributed by atoms with Crippen LogP contribution in [-0.4, -0.2) is 56.3 Å². The molecule has 0 bridgehead atoms. The molecule has 12 heteroatoms.